The SMILES string of the molecule is CC(C)(CNC(=O)c1cc(S(N)(=O)=O)c(Br)o1)S(C)(=O)=O. The lowest BCUT2D eigenvalue weighted by molar-refractivity contribution is 0.0921. The fourth-order valence-corrected chi connectivity index (χ4v) is 3.01. The number of hydrogen-bond acceptors (Lipinski definition) is 6. The van der Waals surface area contributed by atoms with Crippen molar-refractivity contribution in [2.75, 3.05) is 12.8 Å². The Labute approximate surface area is 131 Å². The van der Waals surface area contributed by atoms with Crippen LogP contribution in [0.4, 0.5) is 0 Å². The van der Waals surface area contributed by atoms with Gasteiger partial charge in [0.25, 0.3) is 5.91 Å². The number of sulfonamides is 1. The minimum atomic E-state index is -4.03. The van der Waals surface area contributed by atoms with Crippen molar-refractivity contribution in [2.24, 2.45) is 5.14 Å². The van der Waals surface area contributed by atoms with Crippen LogP contribution in [0.25, 0.3) is 0 Å². The van der Waals surface area contributed by atoms with Crippen LogP contribution in [0.1, 0.15) is 24.4 Å². The van der Waals surface area contributed by atoms with E-state index in [1.54, 1.807) is 0 Å². The molecule has 0 bridgehead atoms. The summed E-state index contributed by atoms with van der Waals surface area (Å²) in [4.78, 5) is 11.5. The molecule has 0 unspecified atom stereocenters. The number of carbonyl (C=O) groups is 1. The first-order chi connectivity index (χ1) is 9.25. The Hall–Kier alpha value is -0.910. The highest BCUT2D eigenvalue weighted by atomic mass is 79.9. The molecule has 1 rings (SSSR count). The van der Waals surface area contributed by atoms with Crippen LogP contribution in [-0.2, 0) is 19.9 Å². The van der Waals surface area contributed by atoms with Gasteiger partial charge in [0.05, 0.1) is 4.75 Å². The Morgan fingerprint density at radius 2 is 1.90 bits per heavy atom. The summed E-state index contributed by atoms with van der Waals surface area (Å²) in [6, 6.07) is 0.961. The second-order valence-corrected chi connectivity index (χ2v) is 9.91. The van der Waals surface area contributed by atoms with E-state index < -0.39 is 30.5 Å². The predicted octanol–water partition coefficient (Wildman–Crippen LogP) is 0.243. The Balaban J connectivity index is 2.93. The van der Waals surface area contributed by atoms with E-state index in [9.17, 15) is 21.6 Å². The van der Waals surface area contributed by atoms with Gasteiger partial charge >= 0.3 is 0 Å². The van der Waals surface area contributed by atoms with Crippen molar-refractivity contribution in [1.82, 2.24) is 5.32 Å². The highest BCUT2D eigenvalue weighted by Crippen LogP contribution is 2.25. The molecule has 0 aliphatic carbocycles. The highest BCUT2D eigenvalue weighted by molar-refractivity contribution is 9.10. The molecule has 1 aromatic rings. The van der Waals surface area contributed by atoms with Gasteiger partial charge in [-0.3, -0.25) is 4.79 Å². The molecule has 1 aromatic heterocycles. The van der Waals surface area contributed by atoms with E-state index in [2.05, 4.69) is 21.2 Å². The molecular formula is C10H15BrN2O6S2. The summed E-state index contributed by atoms with van der Waals surface area (Å²) in [7, 11) is -7.41. The average Bonchev–Trinajstić information content (AvgIpc) is 2.66. The minimum absolute atomic E-state index is 0.159. The first-order valence-corrected chi connectivity index (χ1v) is 9.79. The average molecular weight is 403 g/mol. The molecule has 3 N–H and O–H groups in total. The van der Waals surface area contributed by atoms with E-state index >= 15 is 0 Å². The molecule has 0 aromatic carbocycles. The quantitative estimate of drug-likeness (QED) is 0.723. The number of nitrogens with one attached hydrogen (secondary N) is 1. The number of rotatable bonds is 5. The summed E-state index contributed by atoms with van der Waals surface area (Å²) < 4.78 is 49.0. The maximum atomic E-state index is 11.9. The third-order valence-corrected chi connectivity index (χ3v) is 6.78. The number of furan rings is 1. The lowest BCUT2D eigenvalue weighted by Crippen LogP contribution is -2.43. The third kappa shape index (κ3) is 4.28. The Morgan fingerprint density at radius 3 is 2.29 bits per heavy atom. The highest BCUT2D eigenvalue weighted by Gasteiger charge is 2.31. The molecule has 0 saturated carbocycles. The molecule has 0 saturated heterocycles. The first kappa shape index (κ1) is 18.1. The standard InChI is InChI=1S/C10H15BrN2O6S2/c1-10(2,20(3,15)16)5-13-9(14)6-4-7(8(11)19-6)21(12,17)18/h4H,5H2,1-3H3,(H,13,14)(H2,12,17,18). The number of nitrogens with two attached hydrogens (primary N) is 1. The summed E-state index contributed by atoms with van der Waals surface area (Å²) in [6.07, 6.45) is 1.06. The van der Waals surface area contributed by atoms with Crippen LogP contribution in [0.3, 0.4) is 0 Å². The normalized spacial score (nSPS) is 13.2. The number of carbonyl (C=O) groups excluding carboxylic acids is 1. The van der Waals surface area contributed by atoms with Gasteiger partial charge in [-0.15, -0.1) is 0 Å². The minimum Gasteiger partial charge on any atom is -0.443 e. The van der Waals surface area contributed by atoms with E-state index in [1.165, 1.54) is 13.8 Å². The molecule has 21 heavy (non-hydrogen) atoms. The number of halogens is 1. The molecule has 120 valence electrons. The van der Waals surface area contributed by atoms with Crippen molar-refractivity contribution in [3.63, 3.8) is 0 Å². The number of hydrogen-bond donors (Lipinski definition) is 2. The van der Waals surface area contributed by atoms with Gasteiger partial charge in [0.1, 0.15) is 4.90 Å². The summed E-state index contributed by atoms with van der Waals surface area (Å²) in [6.45, 7) is 2.75. The van der Waals surface area contributed by atoms with Crippen molar-refractivity contribution >= 4 is 41.7 Å². The van der Waals surface area contributed by atoms with E-state index in [0.717, 1.165) is 12.3 Å². The van der Waals surface area contributed by atoms with E-state index in [-0.39, 0.29) is 21.9 Å². The molecule has 1 amide bonds. The number of sulfone groups is 1. The number of primary sulfonamides is 1. The smallest absolute Gasteiger partial charge is 0.287 e. The molecule has 0 radical (unpaired) electrons. The van der Waals surface area contributed by atoms with E-state index in [1.807, 2.05) is 0 Å². The topological polar surface area (TPSA) is 137 Å². The van der Waals surface area contributed by atoms with Gasteiger partial charge in [-0.25, -0.2) is 22.0 Å². The van der Waals surface area contributed by atoms with Crippen molar-refractivity contribution < 1.29 is 26.0 Å². The fourth-order valence-electron chi connectivity index (χ4n) is 1.17. The van der Waals surface area contributed by atoms with Gasteiger partial charge in [-0.1, -0.05) is 0 Å². The largest absolute Gasteiger partial charge is 0.443 e. The zero-order chi connectivity index (χ0) is 16.6. The Bertz CT molecular complexity index is 763. The first-order valence-electron chi connectivity index (χ1n) is 5.55. The van der Waals surface area contributed by atoms with E-state index in [0.29, 0.717) is 0 Å². The lowest BCUT2D eigenvalue weighted by Gasteiger charge is -2.22. The van der Waals surface area contributed by atoms with Crippen LogP contribution in [0.5, 0.6) is 0 Å². The lowest BCUT2D eigenvalue weighted by atomic mass is 10.2. The van der Waals surface area contributed by atoms with Gasteiger partial charge < -0.3 is 9.73 Å². The second-order valence-electron chi connectivity index (χ2n) is 5.01. The molecule has 0 atom stereocenters. The predicted molar refractivity (Wildman–Crippen MR) is 79.0 cm³/mol. The summed E-state index contributed by atoms with van der Waals surface area (Å²) in [5.74, 6) is -1.04. The maximum absolute atomic E-state index is 11.9. The van der Waals surface area contributed by atoms with Gasteiger partial charge in [0.15, 0.2) is 20.3 Å². The van der Waals surface area contributed by atoms with Crippen molar-refractivity contribution in [3.8, 4) is 0 Å². The van der Waals surface area contributed by atoms with Crippen molar-refractivity contribution in [2.45, 2.75) is 23.5 Å². The molecule has 0 spiro atoms. The molecule has 0 fully saturated rings. The van der Waals surface area contributed by atoms with Crippen LogP contribution < -0.4 is 10.5 Å². The third-order valence-electron chi connectivity index (χ3n) is 2.86. The summed E-state index contributed by atoms with van der Waals surface area (Å²) in [5, 5.41) is 7.31. The molecule has 0 aliphatic rings. The van der Waals surface area contributed by atoms with Crippen molar-refractivity contribution in [3.05, 3.63) is 16.5 Å². The zero-order valence-corrected chi connectivity index (χ0v) is 14.7. The van der Waals surface area contributed by atoms with Crippen LogP contribution in [0.15, 0.2) is 20.0 Å². The van der Waals surface area contributed by atoms with Gasteiger partial charge in [-0.05, 0) is 29.8 Å². The summed E-state index contributed by atoms with van der Waals surface area (Å²) >= 11 is 2.84. The van der Waals surface area contributed by atoms with Crippen LogP contribution in [-0.4, -0.2) is 40.3 Å². The summed E-state index contributed by atoms with van der Waals surface area (Å²) in [5.41, 5.74) is 0. The zero-order valence-electron chi connectivity index (χ0n) is 11.5. The number of amides is 1. The van der Waals surface area contributed by atoms with Crippen molar-refractivity contribution in [1.29, 1.82) is 0 Å². The van der Waals surface area contributed by atoms with Crippen LogP contribution in [0.2, 0.25) is 0 Å². The second kappa shape index (κ2) is 5.71. The Kier molecular flexibility index (Phi) is 4.93. The van der Waals surface area contributed by atoms with Gasteiger partial charge in [0, 0.05) is 18.9 Å². The molecule has 11 heteroatoms. The molecule has 0 aliphatic heterocycles. The van der Waals surface area contributed by atoms with Crippen LogP contribution >= 0.6 is 15.9 Å². The fraction of sp³-hybridized carbons (Fsp3) is 0.500. The molecule has 8 nitrogen and oxygen atoms in total. The molecule has 1 heterocycles. The van der Waals surface area contributed by atoms with Crippen LogP contribution in [0, 0.1) is 0 Å². The maximum Gasteiger partial charge on any atom is 0.287 e. The van der Waals surface area contributed by atoms with Gasteiger partial charge in [0.2, 0.25) is 10.0 Å². The molecular weight excluding hydrogens is 388 g/mol. The van der Waals surface area contributed by atoms with Gasteiger partial charge in [-0.2, -0.15) is 0 Å². The Morgan fingerprint density at radius 1 is 1.38 bits per heavy atom. The monoisotopic (exact) mass is 402 g/mol. The van der Waals surface area contributed by atoms with E-state index in [4.69, 9.17) is 9.56 Å².